The van der Waals surface area contributed by atoms with Gasteiger partial charge in [0.05, 0.1) is 61.4 Å². The maximum Gasteiger partial charge on any atom is 0.335 e. The minimum atomic E-state index is -4.09. The molecule has 8 rings (SSSR count). The van der Waals surface area contributed by atoms with E-state index in [9.17, 15) is 49.8 Å². The first-order chi connectivity index (χ1) is 30.8. The molecule has 0 radical (unpaired) electrons. The Hall–Kier alpha value is -5.04. The molecule has 65 heavy (non-hydrogen) atoms. The third-order valence-corrected chi connectivity index (χ3v) is 13.9. The van der Waals surface area contributed by atoms with E-state index in [0.29, 0.717) is 0 Å². The molecule has 2 aliphatic carbocycles. The molecule has 2 aliphatic heterocycles. The van der Waals surface area contributed by atoms with Crippen LogP contribution in [0.15, 0.2) is 82.6 Å². The summed E-state index contributed by atoms with van der Waals surface area (Å²) in [7, 11) is -8.11. The van der Waals surface area contributed by atoms with E-state index in [1.807, 2.05) is 0 Å². The summed E-state index contributed by atoms with van der Waals surface area (Å²) < 4.78 is 114. The van der Waals surface area contributed by atoms with E-state index in [0.717, 1.165) is 58.6 Å². The van der Waals surface area contributed by atoms with Crippen LogP contribution in [-0.4, -0.2) is 130 Å². The second-order valence-electron chi connectivity index (χ2n) is 15.2. The Balaban J connectivity index is 0.000000186. The van der Waals surface area contributed by atoms with Crippen molar-refractivity contribution < 1.29 is 73.9 Å². The summed E-state index contributed by atoms with van der Waals surface area (Å²) in [6.07, 6.45) is 1.34. The number of halogens is 4. The monoisotopic (exact) mass is 970 g/mol. The van der Waals surface area contributed by atoms with Crippen LogP contribution in [0.1, 0.15) is 46.4 Å². The number of hydrogen-bond donors (Lipinski definition) is 5. The summed E-state index contributed by atoms with van der Waals surface area (Å²) in [5, 5.41) is 31.3. The lowest BCUT2D eigenvalue weighted by Gasteiger charge is -2.23. The van der Waals surface area contributed by atoms with Crippen molar-refractivity contribution in [1.29, 1.82) is 0 Å². The maximum atomic E-state index is 13.4. The molecule has 4 fully saturated rings. The third-order valence-electron chi connectivity index (χ3n) is 9.81. The first-order valence-corrected chi connectivity index (χ1v) is 23.4. The minimum Gasteiger partial charge on any atom is -0.489 e. The molecule has 0 aromatic heterocycles. The van der Waals surface area contributed by atoms with Gasteiger partial charge in [-0.15, -0.1) is 0 Å². The molecule has 0 bridgehead atoms. The number of sulfonamides is 2. The fourth-order valence-corrected chi connectivity index (χ4v) is 9.55. The number of carboxylic acid groups (broad SMARTS) is 1. The van der Waals surface area contributed by atoms with E-state index >= 15 is 0 Å². The number of nitrogens with zero attached hydrogens (tertiary/aromatic N) is 2. The van der Waals surface area contributed by atoms with E-state index < -0.39 is 61.6 Å². The van der Waals surface area contributed by atoms with Crippen molar-refractivity contribution >= 4 is 54.9 Å². The summed E-state index contributed by atoms with van der Waals surface area (Å²) in [6, 6.07) is 14.9. The number of benzene rings is 4. The van der Waals surface area contributed by atoms with Crippen molar-refractivity contribution in [3.8, 4) is 11.5 Å². The topological polar surface area (TPSA) is 245 Å². The van der Waals surface area contributed by atoms with Gasteiger partial charge in [-0.1, -0.05) is 11.6 Å². The molecular weight excluding hydrogens is 925 g/mol. The summed E-state index contributed by atoms with van der Waals surface area (Å²) in [4.78, 5) is 23.6. The van der Waals surface area contributed by atoms with Crippen LogP contribution < -0.4 is 20.5 Å². The zero-order chi connectivity index (χ0) is 47.1. The van der Waals surface area contributed by atoms with Gasteiger partial charge in [-0.25, -0.2) is 34.8 Å². The van der Waals surface area contributed by atoms with E-state index in [-0.39, 0.29) is 114 Å². The van der Waals surface area contributed by atoms with Crippen LogP contribution in [-0.2, 0) is 29.5 Å². The van der Waals surface area contributed by atoms with Crippen molar-refractivity contribution in [1.82, 2.24) is 8.61 Å². The van der Waals surface area contributed by atoms with E-state index in [1.54, 1.807) is 0 Å². The number of aliphatic hydroxyl groups excluding tert-OH is 2. The van der Waals surface area contributed by atoms with Gasteiger partial charge in [0.25, 0.3) is 5.91 Å². The highest BCUT2D eigenvalue weighted by atomic mass is 35.5. The van der Waals surface area contributed by atoms with Crippen LogP contribution in [0, 0.1) is 17.5 Å². The van der Waals surface area contributed by atoms with Gasteiger partial charge < -0.3 is 45.3 Å². The number of aliphatic hydroxyl groups is 2. The molecule has 2 atom stereocenters. The quantitative estimate of drug-likeness (QED) is 0.130. The van der Waals surface area contributed by atoms with Gasteiger partial charge in [0.1, 0.15) is 27.1 Å². The predicted molar refractivity (Wildman–Crippen MR) is 228 cm³/mol. The van der Waals surface area contributed by atoms with Crippen LogP contribution >= 0.6 is 11.6 Å². The maximum absolute atomic E-state index is 13.4. The number of anilines is 2. The number of rotatable bonds is 11. The molecule has 352 valence electrons. The molecule has 2 saturated carbocycles. The molecule has 4 aromatic carbocycles. The standard InChI is InChI=1S/C21H22ClFN2O6S.C15H19NO7S.C6H5F2N/c22-17-10-14(2-5-18(17)23)24-21(27)13-1-6-19(31-16-3-4-16)20(9-13)32(28,29)25-7-8-30-12-15(26)11-25;17-11-8-16(5-6-22-9-11)24(20,21)14-7-10(15(18)19)1-4-13(14)23-12-2-3-12;7-5-2-1-4(9)3-6(5)8/h1-2,5-6,9-10,15-16,26H,3-4,7-8,11-12H2,(H,24,27);1,4,7,11-12,17H,2-3,5-6,8-9H2,(H,18,19);1-3H,9H2. The number of amides is 1. The SMILES string of the molecule is Nc1ccc(F)c(F)c1.O=C(Nc1ccc(F)c(Cl)c1)c1ccc(OC2CC2)c(S(=O)(=O)N2CCOCC(O)C2)c1.O=C(O)c1ccc(OC2CC2)c(S(=O)(=O)N2CCOCC(O)C2)c1. The highest BCUT2D eigenvalue weighted by Gasteiger charge is 2.36. The predicted octanol–water partition coefficient (Wildman–Crippen LogP) is 4.51. The summed E-state index contributed by atoms with van der Waals surface area (Å²) >= 11 is 5.76. The number of aromatic carboxylic acids is 1. The number of hydrogen-bond acceptors (Lipinski definition) is 13. The Labute approximate surface area is 377 Å². The van der Waals surface area contributed by atoms with Gasteiger partial charge >= 0.3 is 5.97 Å². The van der Waals surface area contributed by atoms with Crippen molar-refractivity contribution in [2.75, 3.05) is 63.7 Å². The summed E-state index contributed by atoms with van der Waals surface area (Å²) in [5.74, 6) is -3.93. The van der Waals surface area contributed by atoms with Crippen molar-refractivity contribution in [3.05, 3.63) is 106 Å². The van der Waals surface area contributed by atoms with Crippen LogP contribution in [0.25, 0.3) is 0 Å². The Morgan fingerprint density at radius 1 is 0.692 bits per heavy atom. The van der Waals surface area contributed by atoms with E-state index in [2.05, 4.69) is 5.32 Å². The molecule has 2 heterocycles. The fourth-order valence-electron chi connectivity index (χ4n) is 6.15. The minimum absolute atomic E-state index is 0.0346. The van der Waals surface area contributed by atoms with E-state index in [4.69, 9.17) is 41.4 Å². The number of nitrogens with one attached hydrogen (secondary N) is 1. The number of carbonyl (C=O) groups excluding carboxylic acids is 1. The molecule has 6 N–H and O–H groups in total. The lowest BCUT2D eigenvalue weighted by atomic mass is 10.2. The average Bonchev–Trinajstić information content (AvgIpc) is 4.18. The molecule has 0 spiro atoms. The zero-order valence-electron chi connectivity index (χ0n) is 34.4. The number of carboxylic acids is 1. The van der Waals surface area contributed by atoms with Gasteiger partial charge in [0.2, 0.25) is 20.0 Å². The molecule has 23 heteroatoms. The van der Waals surface area contributed by atoms with Gasteiger partial charge in [0, 0.05) is 43.1 Å². The molecule has 2 unspecified atom stereocenters. The van der Waals surface area contributed by atoms with Crippen molar-refractivity contribution in [3.63, 3.8) is 0 Å². The molecule has 4 aromatic rings. The van der Waals surface area contributed by atoms with Crippen molar-refractivity contribution in [2.24, 2.45) is 0 Å². The van der Waals surface area contributed by atoms with E-state index in [1.165, 1.54) is 48.5 Å². The second kappa shape index (κ2) is 21.5. The molecule has 2 saturated heterocycles. The van der Waals surface area contributed by atoms with Crippen LogP contribution in [0.2, 0.25) is 5.02 Å². The van der Waals surface area contributed by atoms with Crippen LogP contribution in [0.5, 0.6) is 11.5 Å². The van der Waals surface area contributed by atoms with Gasteiger partial charge in [-0.2, -0.15) is 8.61 Å². The number of ether oxygens (including phenoxy) is 4. The number of nitrogen functional groups attached to an aromatic ring is 1. The zero-order valence-corrected chi connectivity index (χ0v) is 36.8. The van der Waals surface area contributed by atoms with Crippen molar-refractivity contribution in [2.45, 2.75) is 59.9 Å². The molecular formula is C42H46ClF3N4O13S2. The van der Waals surface area contributed by atoms with Gasteiger partial charge in [-0.05, 0) is 98.5 Å². The number of β-amino-alcohol motifs (C(OH)–C–C–N with tert-alkyl or cyclic N) is 2. The largest absolute Gasteiger partial charge is 0.489 e. The Bertz CT molecular complexity index is 2590. The Morgan fingerprint density at radius 3 is 1.65 bits per heavy atom. The Kier molecular flexibility index (Phi) is 16.3. The fraction of sp³-hybridized carbons (Fsp3) is 0.381. The smallest absolute Gasteiger partial charge is 0.335 e. The first kappa shape index (κ1) is 49.4. The average molecular weight is 971 g/mol. The molecule has 1 amide bonds. The highest BCUT2D eigenvalue weighted by Crippen LogP contribution is 2.36. The number of nitrogens with two attached hydrogens (primary N) is 1. The highest BCUT2D eigenvalue weighted by molar-refractivity contribution is 7.89. The van der Waals surface area contributed by atoms with Gasteiger partial charge in [0.15, 0.2) is 11.6 Å². The normalized spacial score (nSPS) is 19.5. The lowest BCUT2D eigenvalue weighted by molar-refractivity contribution is 0.0582. The summed E-state index contributed by atoms with van der Waals surface area (Å²) in [6.45, 7) is 0.311. The summed E-state index contributed by atoms with van der Waals surface area (Å²) in [5.41, 5.74) is 5.54. The van der Waals surface area contributed by atoms with Crippen LogP contribution in [0.4, 0.5) is 24.5 Å². The van der Waals surface area contributed by atoms with Gasteiger partial charge in [-0.3, -0.25) is 4.79 Å². The van der Waals surface area contributed by atoms with Crippen LogP contribution in [0.3, 0.4) is 0 Å². The second-order valence-corrected chi connectivity index (χ2v) is 19.4. The molecule has 4 aliphatic rings. The molecule has 17 nitrogen and oxygen atoms in total. The Morgan fingerprint density at radius 2 is 1.18 bits per heavy atom. The number of carbonyl (C=O) groups is 2. The first-order valence-electron chi connectivity index (χ1n) is 20.2. The lowest BCUT2D eigenvalue weighted by Crippen LogP contribution is -2.38. The third kappa shape index (κ3) is 13.5.